The Hall–Kier alpha value is -1.35. The molecule has 0 aliphatic heterocycles. The van der Waals surface area contributed by atoms with Gasteiger partial charge in [0, 0.05) is 18.5 Å². The van der Waals surface area contributed by atoms with Gasteiger partial charge in [0.25, 0.3) is 0 Å². The van der Waals surface area contributed by atoms with Crippen molar-refractivity contribution in [3.63, 3.8) is 0 Å². The van der Waals surface area contributed by atoms with Crippen molar-refractivity contribution in [1.29, 1.82) is 0 Å². The summed E-state index contributed by atoms with van der Waals surface area (Å²) in [5.74, 6) is -0.101. The van der Waals surface area contributed by atoms with Crippen LogP contribution in [0.4, 0.5) is 0 Å². The number of nitrogens with one attached hydrogen (secondary N) is 1. The van der Waals surface area contributed by atoms with E-state index in [2.05, 4.69) is 24.4 Å². The molecule has 1 rings (SSSR count). The Labute approximate surface area is 116 Å². The van der Waals surface area contributed by atoms with Gasteiger partial charge >= 0.3 is 5.97 Å². The highest BCUT2D eigenvalue weighted by Crippen LogP contribution is 2.07. The summed E-state index contributed by atoms with van der Waals surface area (Å²) in [6.45, 7) is 7.34. The zero-order valence-corrected chi connectivity index (χ0v) is 12.2. The number of rotatable bonds is 8. The lowest BCUT2D eigenvalue weighted by atomic mass is 10.1. The average molecular weight is 263 g/mol. The van der Waals surface area contributed by atoms with Gasteiger partial charge in [0.2, 0.25) is 0 Å². The van der Waals surface area contributed by atoms with Gasteiger partial charge in [-0.1, -0.05) is 43.7 Å². The first-order chi connectivity index (χ1) is 9.03. The summed E-state index contributed by atoms with van der Waals surface area (Å²) in [5, 5.41) is 3.41. The van der Waals surface area contributed by atoms with Crippen molar-refractivity contribution in [3.05, 3.63) is 35.9 Å². The third kappa shape index (κ3) is 6.97. The number of esters is 1. The van der Waals surface area contributed by atoms with E-state index in [4.69, 9.17) is 4.74 Å². The van der Waals surface area contributed by atoms with E-state index in [0.29, 0.717) is 13.0 Å². The molecule has 0 atom stereocenters. The van der Waals surface area contributed by atoms with Gasteiger partial charge in [-0.25, -0.2) is 0 Å². The molecule has 0 aliphatic carbocycles. The topological polar surface area (TPSA) is 38.3 Å². The molecule has 0 unspecified atom stereocenters. The molecule has 0 aliphatic rings. The highest BCUT2D eigenvalue weighted by molar-refractivity contribution is 5.69. The van der Waals surface area contributed by atoms with Crippen molar-refractivity contribution >= 4 is 5.97 Å². The molecule has 0 aromatic heterocycles. The Morgan fingerprint density at radius 1 is 1.26 bits per heavy atom. The average Bonchev–Trinajstić information content (AvgIpc) is 2.42. The molecule has 0 radical (unpaired) electrons. The van der Waals surface area contributed by atoms with Crippen LogP contribution in [-0.4, -0.2) is 18.1 Å². The molecule has 3 heteroatoms. The van der Waals surface area contributed by atoms with Crippen LogP contribution in [0.15, 0.2) is 30.3 Å². The van der Waals surface area contributed by atoms with E-state index >= 15 is 0 Å². The fourth-order valence-corrected chi connectivity index (χ4v) is 1.64. The van der Waals surface area contributed by atoms with Crippen LogP contribution >= 0.6 is 0 Å². The zero-order valence-electron chi connectivity index (χ0n) is 12.2. The maximum atomic E-state index is 11.5. The smallest absolute Gasteiger partial charge is 0.305 e. The lowest BCUT2D eigenvalue weighted by Gasteiger charge is -2.26. The normalized spacial score (nSPS) is 11.3. The standard InChI is InChI=1S/C16H25NO2/c1-4-5-11-15(18)19-13-16(2,3)17-12-14-9-7-6-8-10-14/h6-10,17H,4-5,11-13H2,1-3H3. The van der Waals surface area contributed by atoms with E-state index in [9.17, 15) is 4.79 Å². The van der Waals surface area contributed by atoms with E-state index in [0.717, 1.165) is 19.4 Å². The van der Waals surface area contributed by atoms with Gasteiger partial charge in [0.05, 0.1) is 0 Å². The summed E-state index contributed by atoms with van der Waals surface area (Å²) in [6.07, 6.45) is 2.44. The summed E-state index contributed by atoms with van der Waals surface area (Å²) < 4.78 is 5.30. The fraction of sp³-hybridized carbons (Fsp3) is 0.562. The predicted molar refractivity (Wildman–Crippen MR) is 77.8 cm³/mol. The Balaban J connectivity index is 2.29. The number of hydrogen-bond donors (Lipinski definition) is 1. The summed E-state index contributed by atoms with van der Waals surface area (Å²) in [4.78, 5) is 11.5. The Bertz CT molecular complexity index is 374. The largest absolute Gasteiger partial charge is 0.464 e. The molecule has 1 N–H and O–H groups in total. The lowest BCUT2D eigenvalue weighted by molar-refractivity contribution is -0.145. The maximum absolute atomic E-state index is 11.5. The van der Waals surface area contributed by atoms with Crippen molar-refractivity contribution < 1.29 is 9.53 Å². The molecule has 0 spiro atoms. The molecule has 0 heterocycles. The summed E-state index contributed by atoms with van der Waals surface area (Å²) >= 11 is 0. The quantitative estimate of drug-likeness (QED) is 0.731. The molecule has 0 saturated heterocycles. The second-order valence-electron chi connectivity index (χ2n) is 5.49. The van der Waals surface area contributed by atoms with Crippen LogP contribution in [0.2, 0.25) is 0 Å². The molecule has 3 nitrogen and oxygen atoms in total. The third-order valence-corrected chi connectivity index (χ3v) is 2.94. The molecule has 0 fully saturated rings. The second kappa shape index (κ2) is 7.95. The van der Waals surface area contributed by atoms with Crippen molar-refractivity contribution in [3.8, 4) is 0 Å². The second-order valence-corrected chi connectivity index (χ2v) is 5.49. The Morgan fingerprint density at radius 3 is 2.58 bits per heavy atom. The van der Waals surface area contributed by atoms with E-state index in [-0.39, 0.29) is 11.5 Å². The number of unbranched alkanes of at least 4 members (excludes halogenated alkanes) is 1. The molecule has 19 heavy (non-hydrogen) atoms. The number of carbonyl (C=O) groups excluding carboxylic acids is 1. The Morgan fingerprint density at radius 2 is 1.95 bits per heavy atom. The zero-order chi connectivity index (χ0) is 14.1. The van der Waals surface area contributed by atoms with Crippen molar-refractivity contribution in [2.45, 2.75) is 52.1 Å². The highest BCUT2D eigenvalue weighted by atomic mass is 16.5. The van der Waals surface area contributed by atoms with Crippen LogP contribution in [0.1, 0.15) is 45.6 Å². The van der Waals surface area contributed by atoms with Crippen molar-refractivity contribution in [2.24, 2.45) is 0 Å². The molecule has 0 saturated carbocycles. The fourth-order valence-electron chi connectivity index (χ4n) is 1.64. The monoisotopic (exact) mass is 263 g/mol. The van der Waals surface area contributed by atoms with E-state index in [1.165, 1.54) is 5.56 Å². The van der Waals surface area contributed by atoms with Gasteiger partial charge in [0.15, 0.2) is 0 Å². The van der Waals surface area contributed by atoms with E-state index in [1.54, 1.807) is 0 Å². The van der Waals surface area contributed by atoms with Crippen LogP contribution in [0.25, 0.3) is 0 Å². The lowest BCUT2D eigenvalue weighted by Crippen LogP contribution is -2.43. The van der Waals surface area contributed by atoms with Gasteiger partial charge in [0.1, 0.15) is 6.61 Å². The van der Waals surface area contributed by atoms with Gasteiger partial charge in [-0.2, -0.15) is 0 Å². The third-order valence-electron chi connectivity index (χ3n) is 2.94. The van der Waals surface area contributed by atoms with Crippen LogP contribution in [0.3, 0.4) is 0 Å². The molecule has 1 aromatic rings. The summed E-state index contributed by atoms with van der Waals surface area (Å²) in [7, 11) is 0. The van der Waals surface area contributed by atoms with Crippen LogP contribution < -0.4 is 5.32 Å². The molecular formula is C16H25NO2. The summed E-state index contributed by atoms with van der Waals surface area (Å²) in [5.41, 5.74) is 1.02. The van der Waals surface area contributed by atoms with Gasteiger partial charge in [-0.3, -0.25) is 4.79 Å². The van der Waals surface area contributed by atoms with Crippen LogP contribution in [0.5, 0.6) is 0 Å². The van der Waals surface area contributed by atoms with Gasteiger partial charge in [-0.15, -0.1) is 0 Å². The van der Waals surface area contributed by atoms with Crippen molar-refractivity contribution in [2.75, 3.05) is 6.61 Å². The van der Waals surface area contributed by atoms with Crippen LogP contribution in [-0.2, 0) is 16.1 Å². The number of hydrogen-bond acceptors (Lipinski definition) is 3. The van der Waals surface area contributed by atoms with Gasteiger partial charge < -0.3 is 10.1 Å². The molecule has 0 amide bonds. The molecule has 106 valence electrons. The van der Waals surface area contributed by atoms with Crippen molar-refractivity contribution in [1.82, 2.24) is 5.32 Å². The van der Waals surface area contributed by atoms with Gasteiger partial charge in [-0.05, 0) is 25.8 Å². The maximum Gasteiger partial charge on any atom is 0.305 e. The van der Waals surface area contributed by atoms with E-state index in [1.807, 2.05) is 32.0 Å². The number of ether oxygens (including phenoxy) is 1. The minimum Gasteiger partial charge on any atom is -0.464 e. The number of benzene rings is 1. The molecular weight excluding hydrogens is 238 g/mol. The minimum atomic E-state index is -0.211. The molecule has 1 aromatic carbocycles. The van der Waals surface area contributed by atoms with Crippen LogP contribution in [0, 0.1) is 0 Å². The highest BCUT2D eigenvalue weighted by Gasteiger charge is 2.19. The minimum absolute atomic E-state index is 0.101. The first-order valence-corrected chi connectivity index (χ1v) is 6.98. The SMILES string of the molecule is CCCCC(=O)OCC(C)(C)NCc1ccccc1. The molecule has 0 bridgehead atoms. The first-order valence-electron chi connectivity index (χ1n) is 6.98. The number of carbonyl (C=O) groups is 1. The predicted octanol–water partition coefficient (Wildman–Crippen LogP) is 3.29. The first kappa shape index (κ1) is 15.7. The Kier molecular flexibility index (Phi) is 6.57. The summed E-state index contributed by atoms with van der Waals surface area (Å²) in [6, 6.07) is 10.2. The van der Waals surface area contributed by atoms with E-state index < -0.39 is 0 Å².